The van der Waals surface area contributed by atoms with E-state index in [1.54, 1.807) is 17.2 Å². The molecule has 0 aliphatic carbocycles. The maximum Gasteiger partial charge on any atom is 0.259 e. The summed E-state index contributed by atoms with van der Waals surface area (Å²) in [6.07, 6.45) is 6.79. The average Bonchev–Trinajstić information content (AvgIpc) is 2.87. The molecule has 0 atom stereocenters. The summed E-state index contributed by atoms with van der Waals surface area (Å²) < 4.78 is 0. The molecule has 1 aliphatic heterocycles. The molecule has 0 fully saturated rings. The van der Waals surface area contributed by atoms with Crippen LogP contribution in [0.25, 0.3) is 0 Å². The zero-order valence-corrected chi connectivity index (χ0v) is 14.4. The summed E-state index contributed by atoms with van der Waals surface area (Å²) in [6, 6.07) is 11.4. The Morgan fingerprint density at radius 3 is 2.92 bits per heavy atom. The molecule has 0 bridgehead atoms. The van der Waals surface area contributed by atoms with Gasteiger partial charge in [0.15, 0.2) is 0 Å². The van der Waals surface area contributed by atoms with Crippen LogP contribution in [0.2, 0.25) is 5.02 Å². The molecule has 1 aliphatic rings. The van der Waals surface area contributed by atoms with Gasteiger partial charge in [-0.25, -0.2) is 0 Å². The largest absolute Gasteiger partial charge is 0.314 e. The third kappa shape index (κ3) is 4.24. The minimum Gasteiger partial charge on any atom is -0.314 e. The predicted octanol–water partition coefficient (Wildman–Crippen LogP) is 3.08. The summed E-state index contributed by atoms with van der Waals surface area (Å²) in [5.41, 5.74) is 2.16. The molecule has 0 spiro atoms. The van der Waals surface area contributed by atoms with Gasteiger partial charge in [0.25, 0.3) is 5.91 Å². The van der Waals surface area contributed by atoms with E-state index < -0.39 is 0 Å². The number of aromatic nitrogens is 1. The van der Waals surface area contributed by atoms with E-state index in [1.807, 2.05) is 30.3 Å². The normalized spacial score (nSPS) is 14.8. The Hall–Kier alpha value is -2.68. The van der Waals surface area contributed by atoms with Crippen molar-refractivity contribution in [1.82, 2.24) is 14.8 Å². The lowest BCUT2D eigenvalue weighted by Gasteiger charge is -2.22. The van der Waals surface area contributed by atoms with Gasteiger partial charge < -0.3 is 4.90 Å². The molecule has 1 aromatic heterocycles. The first-order valence-corrected chi connectivity index (χ1v) is 8.33. The van der Waals surface area contributed by atoms with Crippen LogP contribution in [0.15, 0.2) is 55.0 Å². The van der Waals surface area contributed by atoms with Gasteiger partial charge in [-0.2, -0.15) is 5.26 Å². The molecule has 5 nitrogen and oxygen atoms in total. The number of nitriles is 1. The molecule has 0 N–H and O–H groups in total. The molecule has 0 saturated heterocycles. The van der Waals surface area contributed by atoms with Gasteiger partial charge in [-0.3, -0.25) is 14.7 Å². The lowest BCUT2D eigenvalue weighted by Crippen LogP contribution is -2.33. The summed E-state index contributed by atoms with van der Waals surface area (Å²) >= 11 is 5.92. The zero-order valence-electron chi connectivity index (χ0n) is 13.6. The van der Waals surface area contributed by atoms with Gasteiger partial charge in [0.2, 0.25) is 0 Å². The Bertz CT molecular complexity index is 843. The van der Waals surface area contributed by atoms with Gasteiger partial charge in [0.05, 0.1) is 22.2 Å². The maximum atomic E-state index is 12.6. The molecule has 2 aromatic rings. The van der Waals surface area contributed by atoms with Crippen LogP contribution in [-0.2, 0) is 6.54 Å². The SMILES string of the molecule is N#Cc1ccccc1CN1CC=CN(C(=O)c2cncc(Cl)c2)CC1. The van der Waals surface area contributed by atoms with E-state index in [-0.39, 0.29) is 5.91 Å². The standard InChI is InChI=1S/C19H17ClN4O/c20-18-10-17(12-22-13-18)19(25)24-7-3-6-23(8-9-24)14-16-5-2-1-4-15(16)11-21/h1-5,7,10,12-13H,6,8-9,14H2. The molecule has 2 heterocycles. The number of carbonyl (C=O) groups is 1. The first-order valence-electron chi connectivity index (χ1n) is 7.96. The van der Waals surface area contributed by atoms with Crippen molar-refractivity contribution in [2.75, 3.05) is 19.6 Å². The Morgan fingerprint density at radius 2 is 2.12 bits per heavy atom. The fourth-order valence-corrected chi connectivity index (χ4v) is 2.93. The van der Waals surface area contributed by atoms with Crippen LogP contribution in [-0.4, -0.2) is 40.3 Å². The highest BCUT2D eigenvalue weighted by Crippen LogP contribution is 2.15. The third-order valence-electron chi connectivity index (χ3n) is 4.05. The van der Waals surface area contributed by atoms with Crippen molar-refractivity contribution in [3.05, 3.63) is 76.7 Å². The van der Waals surface area contributed by atoms with Crippen LogP contribution in [0, 0.1) is 11.3 Å². The van der Waals surface area contributed by atoms with E-state index in [2.05, 4.69) is 16.0 Å². The second kappa shape index (κ2) is 7.93. The fraction of sp³-hybridized carbons (Fsp3) is 0.211. The minimum atomic E-state index is -0.120. The van der Waals surface area contributed by atoms with Crippen molar-refractivity contribution in [3.8, 4) is 6.07 Å². The summed E-state index contributed by atoms with van der Waals surface area (Å²) in [5, 5.41) is 9.66. The number of hydrogen-bond donors (Lipinski definition) is 0. The maximum absolute atomic E-state index is 12.6. The molecular weight excluding hydrogens is 336 g/mol. The smallest absolute Gasteiger partial charge is 0.259 e. The highest BCUT2D eigenvalue weighted by molar-refractivity contribution is 6.30. The van der Waals surface area contributed by atoms with Crippen LogP contribution in [0.4, 0.5) is 0 Å². The van der Waals surface area contributed by atoms with Crippen LogP contribution in [0.5, 0.6) is 0 Å². The first-order chi connectivity index (χ1) is 12.2. The van der Waals surface area contributed by atoms with Crippen LogP contribution in [0.3, 0.4) is 0 Å². The van der Waals surface area contributed by atoms with Gasteiger partial charge in [0.1, 0.15) is 0 Å². The van der Waals surface area contributed by atoms with Crippen LogP contribution < -0.4 is 0 Å². The topological polar surface area (TPSA) is 60.2 Å². The van der Waals surface area contributed by atoms with Gasteiger partial charge in [-0.15, -0.1) is 0 Å². The second-order valence-electron chi connectivity index (χ2n) is 5.78. The van der Waals surface area contributed by atoms with Gasteiger partial charge in [-0.05, 0) is 17.7 Å². The van der Waals surface area contributed by atoms with Crippen molar-refractivity contribution < 1.29 is 4.79 Å². The number of hydrogen-bond acceptors (Lipinski definition) is 4. The van der Waals surface area contributed by atoms with Crippen molar-refractivity contribution in [2.45, 2.75) is 6.54 Å². The van der Waals surface area contributed by atoms with Crippen LogP contribution in [0.1, 0.15) is 21.5 Å². The minimum absolute atomic E-state index is 0.120. The van der Waals surface area contributed by atoms with Gasteiger partial charge in [0, 0.05) is 44.8 Å². The van der Waals surface area contributed by atoms with E-state index in [1.165, 1.54) is 12.4 Å². The van der Waals surface area contributed by atoms with Crippen molar-refractivity contribution in [3.63, 3.8) is 0 Å². The van der Waals surface area contributed by atoms with E-state index in [4.69, 9.17) is 11.6 Å². The quantitative estimate of drug-likeness (QED) is 0.851. The van der Waals surface area contributed by atoms with E-state index in [0.717, 1.165) is 12.1 Å². The molecule has 0 saturated carbocycles. The predicted molar refractivity (Wildman–Crippen MR) is 95.9 cm³/mol. The van der Waals surface area contributed by atoms with E-state index in [0.29, 0.717) is 35.8 Å². The molecule has 0 radical (unpaired) electrons. The number of pyridine rings is 1. The molecular formula is C19H17ClN4O. The van der Waals surface area contributed by atoms with Crippen LogP contribution >= 0.6 is 11.6 Å². The molecule has 3 rings (SSSR count). The highest BCUT2D eigenvalue weighted by atomic mass is 35.5. The van der Waals surface area contributed by atoms with Crippen molar-refractivity contribution in [2.24, 2.45) is 0 Å². The van der Waals surface area contributed by atoms with Gasteiger partial charge in [-0.1, -0.05) is 35.9 Å². The number of amides is 1. The van der Waals surface area contributed by atoms with Crippen molar-refractivity contribution >= 4 is 17.5 Å². The van der Waals surface area contributed by atoms with E-state index >= 15 is 0 Å². The number of nitrogens with zero attached hydrogens (tertiary/aromatic N) is 4. The summed E-state index contributed by atoms with van der Waals surface area (Å²) in [4.78, 5) is 20.4. The summed E-state index contributed by atoms with van der Waals surface area (Å²) in [6.45, 7) is 2.68. The molecule has 6 heteroatoms. The van der Waals surface area contributed by atoms with Crippen molar-refractivity contribution in [1.29, 1.82) is 5.26 Å². The second-order valence-corrected chi connectivity index (χ2v) is 6.22. The molecule has 126 valence electrons. The Labute approximate surface area is 151 Å². The molecule has 1 aromatic carbocycles. The average molecular weight is 353 g/mol. The third-order valence-corrected chi connectivity index (χ3v) is 4.26. The van der Waals surface area contributed by atoms with Gasteiger partial charge >= 0.3 is 0 Å². The molecule has 0 unspecified atom stereocenters. The summed E-state index contributed by atoms with van der Waals surface area (Å²) in [7, 11) is 0. The lowest BCUT2D eigenvalue weighted by molar-refractivity contribution is 0.0814. The number of benzene rings is 1. The number of rotatable bonds is 3. The Morgan fingerprint density at radius 1 is 1.28 bits per heavy atom. The first kappa shape index (κ1) is 17.2. The highest BCUT2D eigenvalue weighted by Gasteiger charge is 2.18. The molecule has 25 heavy (non-hydrogen) atoms. The Balaban J connectivity index is 1.67. The number of carbonyl (C=O) groups excluding carboxylic acids is 1. The monoisotopic (exact) mass is 352 g/mol. The summed E-state index contributed by atoms with van der Waals surface area (Å²) in [5.74, 6) is -0.120. The Kier molecular flexibility index (Phi) is 5.44. The molecule has 1 amide bonds. The lowest BCUT2D eigenvalue weighted by atomic mass is 10.1. The fourth-order valence-electron chi connectivity index (χ4n) is 2.75. The number of halogens is 1. The van der Waals surface area contributed by atoms with E-state index in [9.17, 15) is 10.1 Å². The zero-order chi connectivity index (χ0) is 17.6.